The third kappa shape index (κ3) is 1.77. The summed E-state index contributed by atoms with van der Waals surface area (Å²) in [4.78, 5) is 0. The topological polar surface area (TPSA) is 40.7 Å². The first-order valence-electron chi connectivity index (χ1n) is 6.01. The largest absolute Gasteiger partial charge is 0.382 e. The average molecular weight is 215 g/mol. The van der Waals surface area contributed by atoms with Crippen molar-refractivity contribution in [2.24, 2.45) is 5.92 Å². The molecule has 0 amide bonds. The van der Waals surface area contributed by atoms with E-state index in [0.717, 1.165) is 11.4 Å². The highest BCUT2D eigenvalue weighted by Crippen LogP contribution is 2.28. The number of hydrogen-bond acceptors (Lipinski definition) is 2. The molecule has 1 aromatic heterocycles. The Morgan fingerprint density at radius 2 is 2.31 bits per heavy atom. The Morgan fingerprint density at radius 1 is 1.38 bits per heavy atom. The Balaban J connectivity index is 1.78. The fourth-order valence-electron chi connectivity index (χ4n) is 2.61. The molecular weight excluding hydrogens is 198 g/mol. The fourth-order valence-corrected chi connectivity index (χ4v) is 2.61. The van der Waals surface area contributed by atoms with E-state index in [1.807, 2.05) is 6.20 Å². The first kappa shape index (κ1) is 9.70. The van der Waals surface area contributed by atoms with Crippen molar-refractivity contribution in [3.63, 3.8) is 0 Å². The summed E-state index contributed by atoms with van der Waals surface area (Å²) >= 11 is 0. The van der Waals surface area contributed by atoms with Crippen LogP contribution in [0.25, 0.3) is 10.9 Å². The van der Waals surface area contributed by atoms with E-state index in [2.05, 4.69) is 40.6 Å². The highest BCUT2D eigenvalue weighted by Gasteiger charge is 2.20. The second kappa shape index (κ2) is 3.81. The first-order chi connectivity index (χ1) is 7.81. The number of H-pyrrole nitrogens is 1. The van der Waals surface area contributed by atoms with Gasteiger partial charge in [0.1, 0.15) is 0 Å². The van der Waals surface area contributed by atoms with Crippen LogP contribution in [-0.4, -0.2) is 16.2 Å². The molecule has 1 aromatic carbocycles. The molecule has 0 bridgehead atoms. The molecule has 2 unspecified atom stereocenters. The fraction of sp³-hybridized carbons (Fsp3) is 0.462. The molecule has 0 spiro atoms. The van der Waals surface area contributed by atoms with Gasteiger partial charge in [0.2, 0.25) is 0 Å². The van der Waals surface area contributed by atoms with E-state index in [1.54, 1.807) is 0 Å². The van der Waals surface area contributed by atoms with E-state index in [9.17, 15) is 0 Å². The average Bonchev–Trinajstić information content (AvgIpc) is 2.87. The number of anilines is 1. The Kier molecular flexibility index (Phi) is 2.31. The van der Waals surface area contributed by atoms with Crippen LogP contribution in [0.2, 0.25) is 0 Å². The Bertz CT molecular complexity index is 489. The summed E-state index contributed by atoms with van der Waals surface area (Å²) < 4.78 is 0. The molecule has 1 aliphatic carbocycles. The van der Waals surface area contributed by atoms with Crippen molar-refractivity contribution in [1.82, 2.24) is 10.2 Å². The van der Waals surface area contributed by atoms with Crippen molar-refractivity contribution in [1.29, 1.82) is 0 Å². The van der Waals surface area contributed by atoms with Gasteiger partial charge in [-0.15, -0.1) is 0 Å². The lowest BCUT2D eigenvalue weighted by Crippen LogP contribution is -2.14. The third-order valence-electron chi connectivity index (χ3n) is 3.51. The number of nitrogens with one attached hydrogen (secondary N) is 2. The van der Waals surface area contributed by atoms with Gasteiger partial charge in [0.25, 0.3) is 0 Å². The van der Waals surface area contributed by atoms with Crippen LogP contribution >= 0.6 is 0 Å². The van der Waals surface area contributed by atoms with Crippen molar-refractivity contribution in [2.45, 2.75) is 32.2 Å². The number of rotatable bonds is 2. The van der Waals surface area contributed by atoms with Crippen LogP contribution in [0.3, 0.4) is 0 Å². The minimum absolute atomic E-state index is 0.652. The lowest BCUT2D eigenvalue weighted by molar-refractivity contribution is 0.602. The molecule has 1 heterocycles. The van der Waals surface area contributed by atoms with Crippen molar-refractivity contribution < 1.29 is 0 Å². The summed E-state index contributed by atoms with van der Waals surface area (Å²) in [6.45, 7) is 2.33. The van der Waals surface area contributed by atoms with Crippen LogP contribution in [0.5, 0.6) is 0 Å². The highest BCUT2D eigenvalue weighted by atomic mass is 15.1. The maximum atomic E-state index is 4.03. The second-order valence-electron chi connectivity index (χ2n) is 4.93. The molecule has 0 aliphatic heterocycles. The third-order valence-corrected chi connectivity index (χ3v) is 3.51. The number of aromatic nitrogens is 2. The van der Waals surface area contributed by atoms with Gasteiger partial charge in [0.05, 0.1) is 11.7 Å². The second-order valence-corrected chi connectivity index (χ2v) is 4.93. The maximum Gasteiger partial charge on any atom is 0.0651 e. The van der Waals surface area contributed by atoms with Gasteiger partial charge in [-0.2, -0.15) is 5.10 Å². The number of fused-ring (bicyclic) bond motifs is 1. The lowest BCUT2D eigenvalue weighted by atomic mass is 10.1. The van der Waals surface area contributed by atoms with Crippen LogP contribution in [0.15, 0.2) is 24.4 Å². The molecule has 0 radical (unpaired) electrons. The van der Waals surface area contributed by atoms with Gasteiger partial charge >= 0.3 is 0 Å². The first-order valence-corrected chi connectivity index (χ1v) is 6.01. The van der Waals surface area contributed by atoms with Crippen molar-refractivity contribution in [2.75, 3.05) is 5.32 Å². The molecule has 16 heavy (non-hydrogen) atoms. The molecule has 2 N–H and O–H groups in total. The highest BCUT2D eigenvalue weighted by molar-refractivity contribution is 5.81. The summed E-state index contributed by atoms with van der Waals surface area (Å²) in [6, 6.07) is 7.04. The Morgan fingerprint density at radius 3 is 3.12 bits per heavy atom. The smallest absolute Gasteiger partial charge is 0.0651 e. The van der Waals surface area contributed by atoms with E-state index in [1.165, 1.54) is 30.3 Å². The molecule has 2 aromatic rings. The van der Waals surface area contributed by atoms with Crippen molar-refractivity contribution in [3.8, 4) is 0 Å². The Labute approximate surface area is 95.2 Å². The zero-order valence-corrected chi connectivity index (χ0v) is 9.53. The molecule has 84 valence electrons. The molecule has 1 aliphatic rings. The predicted molar refractivity (Wildman–Crippen MR) is 66.5 cm³/mol. The SMILES string of the molecule is CC1CCC(Nc2ccc3[nH]ncc3c2)C1. The standard InChI is InChI=1S/C13H17N3/c1-9-2-3-11(6-9)15-12-4-5-13-10(7-12)8-14-16-13/h4-5,7-9,11,15H,2-3,6H2,1H3,(H,14,16). The maximum absolute atomic E-state index is 4.03. The summed E-state index contributed by atoms with van der Waals surface area (Å²) in [6.07, 6.45) is 5.82. The normalized spacial score (nSPS) is 25.1. The quantitative estimate of drug-likeness (QED) is 0.807. The van der Waals surface area contributed by atoms with Crippen molar-refractivity contribution >= 4 is 16.6 Å². The summed E-state index contributed by atoms with van der Waals surface area (Å²) in [5.74, 6) is 0.871. The van der Waals surface area contributed by atoms with Gasteiger partial charge in [-0.05, 0) is 43.4 Å². The molecule has 3 heteroatoms. The van der Waals surface area contributed by atoms with E-state index in [-0.39, 0.29) is 0 Å². The summed E-state index contributed by atoms with van der Waals surface area (Å²) in [5, 5.41) is 11.8. The molecule has 3 nitrogen and oxygen atoms in total. The number of nitrogens with zero attached hydrogens (tertiary/aromatic N) is 1. The summed E-state index contributed by atoms with van der Waals surface area (Å²) in [5.41, 5.74) is 2.32. The van der Waals surface area contributed by atoms with Crippen LogP contribution in [0, 0.1) is 5.92 Å². The monoisotopic (exact) mass is 215 g/mol. The number of aromatic amines is 1. The number of benzene rings is 1. The Hall–Kier alpha value is -1.51. The molecular formula is C13H17N3. The van der Waals surface area contributed by atoms with E-state index >= 15 is 0 Å². The van der Waals surface area contributed by atoms with Crippen LogP contribution in [-0.2, 0) is 0 Å². The van der Waals surface area contributed by atoms with Crippen LogP contribution in [0.4, 0.5) is 5.69 Å². The predicted octanol–water partition coefficient (Wildman–Crippen LogP) is 3.16. The minimum Gasteiger partial charge on any atom is -0.382 e. The minimum atomic E-state index is 0.652. The van der Waals surface area contributed by atoms with Gasteiger partial charge in [-0.3, -0.25) is 5.10 Å². The lowest BCUT2D eigenvalue weighted by Gasteiger charge is -2.13. The van der Waals surface area contributed by atoms with Gasteiger partial charge in [-0.25, -0.2) is 0 Å². The van der Waals surface area contributed by atoms with Crippen LogP contribution < -0.4 is 5.32 Å². The van der Waals surface area contributed by atoms with E-state index < -0.39 is 0 Å². The number of hydrogen-bond donors (Lipinski definition) is 2. The summed E-state index contributed by atoms with van der Waals surface area (Å²) in [7, 11) is 0. The van der Waals surface area contributed by atoms with Gasteiger partial charge in [-0.1, -0.05) is 6.92 Å². The van der Waals surface area contributed by atoms with E-state index in [0.29, 0.717) is 6.04 Å². The molecule has 2 atom stereocenters. The molecule has 1 saturated carbocycles. The molecule has 0 saturated heterocycles. The zero-order chi connectivity index (χ0) is 11.0. The zero-order valence-electron chi connectivity index (χ0n) is 9.53. The van der Waals surface area contributed by atoms with Gasteiger partial charge in [0, 0.05) is 17.1 Å². The van der Waals surface area contributed by atoms with Crippen LogP contribution in [0.1, 0.15) is 26.2 Å². The van der Waals surface area contributed by atoms with Gasteiger partial charge in [0.15, 0.2) is 0 Å². The molecule has 3 rings (SSSR count). The van der Waals surface area contributed by atoms with E-state index in [4.69, 9.17) is 0 Å². The molecule has 1 fully saturated rings. The van der Waals surface area contributed by atoms with Crippen molar-refractivity contribution in [3.05, 3.63) is 24.4 Å². The van der Waals surface area contributed by atoms with Gasteiger partial charge < -0.3 is 5.32 Å².